The van der Waals surface area contributed by atoms with E-state index in [-0.39, 0.29) is 18.9 Å². The number of hydrogen-bond acceptors (Lipinski definition) is 4. The number of aromatic nitrogens is 3. The van der Waals surface area contributed by atoms with Gasteiger partial charge in [0, 0.05) is 12.3 Å². The second-order valence-corrected chi connectivity index (χ2v) is 4.99. The Labute approximate surface area is 142 Å². The highest BCUT2D eigenvalue weighted by atomic mass is 19.1. The first-order valence-corrected chi connectivity index (χ1v) is 7.36. The van der Waals surface area contributed by atoms with E-state index in [9.17, 15) is 9.18 Å². The molecule has 3 aromatic rings. The molecule has 0 aliphatic carbocycles. The van der Waals surface area contributed by atoms with Crippen molar-refractivity contribution in [3.8, 4) is 18.1 Å². The number of rotatable bonds is 5. The van der Waals surface area contributed by atoms with Crippen molar-refractivity contribution in [2.75, 3.05) is 11.9 Å². The maximum Gasteiger partial charge on any atom is 0.319 e. The predicted octanol–water partition coefficient (Wildman–Crippen LogP) is 2.20. The Hall–Kier alpha value is -3.60. The van der Waals surface area contributed by atoms with Crippen LogP contribution in [0.2, 0.25) is 0 Å². The van der Waals surface area contributed by atoms with Gasteiger partial charge in [0.15, 0.2) is 11.5 Å². The number of hydrogen-bond donors (Lipinski definition) is 2. The second kappa shape index (κ2) is 7.31. The summed E-state index contributed by atoms with van der Waals surface area (Å²) >= 11 is 0. The molecule has 0 fully saturated rings. The molecule has 25 heavy (non-hydrogen) atoms. The van der Waals surface area contributed by atoms with E-state index >= 15 is 0 Å². The molecule has 2 amide bonds. The van der Waals surface area contributed by atoms with E-state index in [2.05, 4.69) is 26.8 Å². The molecular formula is C17H14FN5O2. The monoisotopic (exact) mass is 339 g/mol. The van der Waals surface area contributed by atoms with Gasteiger partial charge in [-0.2, -0.15) is 0 Å². The third-order valence-corrected chi connectivity index (χ3v) is 3.29. The van der Waals surface area contributed by atoms with Gasteiger partial charge >= 0.3 is 6.03 Å². The first-order valence-electron chi connectivity index (χ1n) is 7.36. The fourth-order valence-corrected chi connectivity index (χ4v) is 2.18. The summed E-state index contributed by atoms with van der Waals surface area (Å²) in [7, 11) is 0. The number of nitrogens with one attached hydrogen (secondary N) is 2. The van der Waals surface area contributed by atoms with Crippen LogP contribution in [0.15, 0.2) is 42.6 Å². The lowest BCUT2D eigenvalue weighted by molar-refractivity contribution is 0.251. The van der Waals surface area contributed by atoms with Crippen LogP contribution in [0, 0.1) is 18.2 Å². The average molecular weight is 339 g/mol. The zero-order chi connectivity index (χ0) is 17.6. The standard InChI is InChI=1S/C17H14FN5O2/c1-2-9-25-14-10-12(18)6-7-13(14)20-17(24)19-11-16-22-21-15-5-3-4-8-23(15)16/h1,3-8,10H,9,11H2,(H2,19,20,24). The van der Waals surface area contributed by atoms with Gasteiger partial charge in [-0.3, -0.25) is 4.40 Å². The molecule has 0 aliphatic rings. The molecule has 0 saturated heterocycles. The Kier molecular flexibility index (Phi) is 4.76. The van der Waals surface area contributed by atoms with Crippen LogP contribution in [0.4, 0.5) is 14.9 Å². The first-order chi connectivity index (χ1) is 12.2. The topological polar surface area (TPSA) is 80.5 Å². The van der Waals surface area contributed by atoms with Crippen molar-refractivity contribution in [1.82, 2.24) is 19.9 Å². The largest absolute Gasteiger partial charge is 0.479 e. The minimum atomic E-state index is -0.496. The summed E-state index contributed by atoms with van der Waals surface area (Å²) in [5, 5.41) is 13.3. The van der Waals surface area contributed by atoms with E-state index in [1.807, 2.05) is 18.2 Å². The Balaban J connectivity index is 1.66. The number of pyridine rings is 1. The van der Waals surface area contributed by atoms with Gasteiger partial charge in [-0.15, -0.1) is 16.6 Å². The number of ether oxygens (including phenoxy) is 1. The molecular weight excluding hydrogens is 325 g/mol. The van der Waals surface area contributed by atoms with E-state index in [1.165, 1.54) is 12.1 Å². The van der Waals surface area contributed by atoms with Gasteiger partial charge in [0.25, 0.3) is 0 Å². The Morgan fingerprint density at radius 2 is 2.20 bits per heavy atom. The lowest BCUT2D eigenvalue weighted by atomic mass is 10.3. The summed E-state index contributed by atoms with van der Waals surface area (Å²) in [6.45, 7) is 0.129. The van der Waals surface area contributed by atoms with E-state index in [1.54, 1.807) is 10.6 Å². The molecule has 0 bridgehead atoms. The minimum Gasteiger partial charge on any atom is -0.479 e. The molecule has 8 heteroatoms. The van der Waals surface area contributed by atoms with Gasteiger partial charge in [0.05, 0.1) is 12.2 Å². The second-order valence-electron chi connectivity index (χ2n) is 4.99. The number of halogens is 1. The summed E-state index contributed by atoms with van der Waals surface area (Å²) in [5.41, 5.74) is 0.989. The van der Waals surface area contributed by atoms with Crippen molar-refractivity contribution >= 4 is 17.4 Å². The van der Waals surface area contributed by atoms with Crippen LogP contribution < -0.4 is 15.4 Å². The van der Waals surface area contributed by atoms with Crippen LogP contribution in [-0.2, 0) is 6.54 Å². The number of carbonyl (C=O) groups is 1. The third kappa shape index (κ3) is 3.84. The number of benzene rings is 1. The van der Waals surface area contributed by atoms with Crippen molar-refractivity contribution in [2.24, 2.45) is 0 Å². The van der Waals surface area contributed by atoms with Gasteiger partial charge in [-0.05, 0) is 24.3 Å². The van der Waals surface area contributed by atoms with Crippen LogP contribution in [0.25, 0.3) is 5.65 Å². The van der Waals surface area contributed by atoms with Crippen LogP contribution in [0.1, 0.15) is 5.82 Å². The molecule has 2 heterocycles. The van der Waals surface area contributed by atoms with E-state index in [4.69, 9.17) is 11.2 Å². The molecule has 0 unspecified atom stereocenters. The van der Waals surface area contributed by atoms with Crippen LogP contribution in [0.3, 0.4) is 0 Å². The molecule has 126 valence electrons. The van der Waals surface area contributed by atoms with Crippen LogP contribution in [0.5, 0.6) is 5.75 Å². The highest BCUT2D eigenvalue weighted by Gasteiger charge is 2.11. The van der Waals surface area contributed by atoms with Crippen molar-refractivity contribution in [2.45, 2.75) is 6.54 Å². The smallest absolute Gasteiger partial charge is 0.319 e. The van der Waals surface area contributed by atoms with Crippen molar-refractivity contribution < 1.29 is 13.9 Å². The molecule has 0 radical (unpaired) electrons. The molecule has 0 spiro atoms. The number of fused-ring (bicyclic) bond motifs is 1. The molecule has 0 saturated carbocycles. The number of terminal acetylenes is 1. The van der Waals surface area contributed by atoms with Crippen LogP contribution in [-0.4, -0.2) is 27.2 Å². The Morgan fingerprint density at radius 3 is 3.04 bits per heavy atom. The van der Waals surface area contributed by atoms with Gasteiger partial charge in [-0.25, -0.2) is 9.18 Å². The SMILES string of the molecule is C#CCOc1cc(F)ccc1NC(=O)NCc1nnc2ccccn12. The number of nitrogens with zero attached hydrogens (tertiary/aromatic N) is 3. The first kappa shape index (κ1) is 16.3. The molecule has 0 atom stereocenters. The lowest BCUT2D eigenvalue weighted by Crippen LogP contribution is -2.29. The Morgan fingerprint density at radius 1 is 1.32 bits per heavy atom. The molecule has 7 nitrogen and oxygen atoms in total. The third-order valence-electron chi connectivity index (χ3n) is 3.29. The fourth-order valence-electron chi connectivity index (χ4n) is 2.18. The maximum absolute atomic E-state index is 13.3. The zero-order valence-corrected chi connectivity index (χ0v) is 13.1. The lowest BCUT2D eigenvalue weighted by Gasteiger charge is -2.11. The summed E-state index contributed by atoms with van der Waals surface area (Å²) in [5.74, 6) is 2.52. The van der Waals surface area contributed by atoms with E-state index < -0.39 is 11.8 Å². The van der Waals surface area contributed by atoms with Gasteiger partial charge in [-0.1, -0.05) is 12.0 Å². The highest BCUT2D eigenvalue weighted by molar-refractivity contribution is 5.90. The summed E-state index contributed by atoms with van der Waals surface area (Å²) < 4.78 is 20.3. The average Bonchev–Trinajstić information content (AvgIpc) is 3.03. The predicted molar refractivity (Wildman–Crippen MR) is 89.6 cm³/mol. The molecule has 3 rings (SSSR count). The normalized spacial score (nSPS) is 10.2. The van der Waals surface area contributed by atoms with E-state index in [0.29, 0.717) is 17.2 Å². The number of anilines is 1. The quantitative estimate of drug-likeness (QED) is 0.699. The van der Waals surface area contributed by atoms with Crippen molar-refractivity contribution in [3.63, 3.8) is 0 Å². The van der Waals surface area contributed by atoms with Crippen molar-refractivity contribution in [1.29, 1.82) is 0 Å². The zero-order valence-electron chi connectivity index (χ0n) is 13.1. The van der Waals surface area contributed by atoms with Gasteiger partial charge in [0.2, 0.25) is 0 Å². The summed E-state index contributed by atoms with van der Waals surface area (Å²) in [4.78, 5) is 12.1. The van der Waals surface area contributed by atoms with E-state index in [0.717, 1.165) is 6.07 Å². The number of carbonyl (C=O) groups excluding carboxylic acids is 1. The molecule has 2 N–H and O–H groups in total. The van der Waals surface area contributed by atoms with Crippen molar-refractivity contribution in [3.05, 3.63) is 54.2 Å². The van der Waals surface area contributed by atoms with Crippen LogP contribution >= 0.6 is 0 Å². The maximum atomic E-state index is 13.3. The van der Waals surface area contributed by atoms with Gasteiger partial charge < -0.3 is 15.4 Å². The highest BCUT2D eigenvalue weighted by Crippen LogP contribution is 2.25. The number of urea groups is 1. The summed E-state index contributed by atoms with van der Waals surface area (Å²) in [6, 6.07) is 8.76. The molecule has 2 aromatic heterocycles. The summed E-state index contributed by atoms with van der Waals surface area (Å²) in [6.07, 6.45) is 6.93. The molecule has 0 aliphatic heterocycles. The molecule has 1 aromatic carbocycles. The Bertz CT molecular complexity index is 948. The fraction of sp³-hybridized carbons (Fsp3) is 0.118. The minimum absolute atomic E-state index is 0.0362. The number of amides is 2. The van der Waals surface area contributed by atoms with Gasteiger partial charge in [0.1, 0.15) is 18.2 Å².